The van der Waals surface area contributed by atoms with Crippen molar-refractivity contribution in [3.05, 3.63) is 18.8 Å². The molecule has 9 heavy (non-hydrogen) atoms. The van der Waals surface area contributed by atoms with Crippen LogP contribution in [0.1, 0.15) is 20.8 Å². The number of nitrogens with zero attached hydrogens (tertiary/aromatic N) is 1. The third-order valence-corrected chi connectivity index (χ3v) is 0.706. The molecule has 0 atom stereocenters. The van der Waals surface area contributed by atoms with E-state index in [0.29, 0.717) is 0 Å². The SMILES string of the molecule is [CH2]O/N=C(/C)C=C(C)C. The van der Waals surface area contributed by atoms with Gasteiger partial charge in [0.25, 0.3) is 0 Å². The minimum Gasteiger partial charge on any atom is -0.392 e. The van der Waals surface area contributed by atoms with Gasteiger partial charge in [-0.25, -0.2) is 0 Å². The summed E-state index contributed by atoms with van der Waals surface area (Å²) in [5.74, 6) is 0. The van der Waals surface area contributed by atoms with Crippen LogP contribution in [0.15, 0.2) is 16.8 Å². The van der Waals surface area contributed by atoms with E-state index in [1.54, 1.807) is 0 Å². The lowest BCUT2D eigenvalue weighted by atomic mass is 10.3. The maximum absolute atomic E-state index is 4.30. The Morgan fingerprint density at radius 2 is 2.00 bits per heavy atom. The molecule has 0 unspecified atom stereocenters. The molecular formula is C7H12NO. The van der Waals surface area contributed by atoms with Crippen molar-refractivity contribution in [3.8, 4) is 0 Å². The Hall–Kier alpha value is -0.790. The normalized spacial score (nSPS) is 10.9. The van der Waals surface area contributed by atoms with Crippen LogP contribution in [-0.2, 0) is 4.84 Å². The highest BCUT2D eigenvalue weighted by atomic mass is 16.6. The average molecular weight is 126 g/mol. The highest BCUT2D eigenvalue weighted by Gasteiger charge is 1.82. The third kappa shape index (κ3) is 5.07. The Balaban J connectivity index is 3.90. The van der Waals surface area contributed by atoms with Crippen LogP contribution in [0.25, 0.3) is 0 Å². The summed E-state index contributed by atoms with van der Waals surface area (Å²) in [5, 5.41) is 3.59. The van der Waals surface area contributed by atoms with Crippen LogP contribution in [0.3, 0.4) is 0 Å². The second kappa shape index (κ2) is 4.13. The second-order valence-corrected chi connectivity index (χ2v) is 2.08. The molecule has 2 heteroatoms. The molecule has 0 rings (SSSR count). The van der Waals surface area contributed by atoms with Crippen molar-refractivity contribution in [1.82, 2.24) is 0 Å². The standard InChI is InChI=1S/C7H12NO/c1-6(2)5-7(3)8-9-4/h5H,4H2,1-3H3/b8-7-. The molecule has 0 N–H and O–H groups in total. The molecule has 0 aliphatic rings. The Morgan fingerprint density at radius 1 is 1.44 bits per heavy atom. The topological polar surface area (TPSA) is 21.6 Å². The van der Waals surface area contributed by atoms with Crippen molar-refractivity contribution in [2.24, 2.45) is 5.16 Å². The van der Waals surface area contributed by atoms with Gasteiger partial charge < -0.3 is 4.84 Å². The molecule has 2 nitrogen and oxygen atoms in total. The van der Waals surface area contributed by atoms with E-state index in [1.165, 1.54) is 5.57 Å². The van der Waals surface area contributed by atoms with Crippen LogP contribution >= 0.6 is 0 Å². The summed E-state index contributed by atoms with van der Waals surface area (Å²) in [6.07, 6.45) is 1.92. The van der Waals surface area contributed by atoms with Crippen molar-refractivity contribution < 1.29 is 4.84 Å². The van der Waals surface area contributed by atoms with Crippen LogP contribution in [0.2, 0.25) is 0 Å². The fraction of sp³-hybridized carbons (Fsp3) is 0.429. The van der Waals surface area contributed by atoms with Crippen molar-refractivity contribution >= 4 is 5.71 Å². The van der Waals surface area contributed by atoms with Gasteiger partial charge in [-0.3, -0.25) is 0 Å². The molecule has 0 aliphatic heterocycles. The maximum atomic E-state index is 4.30. The smallest absolute Gasteiger partial charge is 0.153 e. The molecule has 0 saturated heterocycles. The first-order chi connectivity index (χ1) is 4.16. The molecule has 0 heterocycles. The predicted molar refractivity (Wildman–Crippen MR) is 39.0 cm³/mol. The van der Waals surface area contributed by atoms with Crippen LogP contribution in [0.5, 0.6) is 0 Å². The van der Waals surface area contributed by atoms with E-state index in [1.807, 2.05) is 26.8 Å². The lowest BCUT2D eigenvalue weighted by molar-refractivity contribution is 0.260. The molecule has 1 radical (unpaired) electrons. The molecular weight excluding hydrogens is 114 g/mol. The van der Waals surface area contributed by atoms with E-state index in [0.717, 1.165) is 5.71 Å². The van der Waals surface area contributed by atoms with Gasteiger partial charge in [0, 0.05) is 0 Å². The molecule has 0 aliphatic carbocycles. The minimum atomic E-state index is 0.838. The van der Waals surface area contributed by atoms with E-state index in [2.05, 4.69) is 17.1 Å². The second-order valence-electron chi connectivity index (χ2n) is 2.08. The molecule has 0 aromatic rings. The van der Waals surface area contributed by atoms with E-state index >= 15 is 0 Å². The fourth-order valence-electron chi connectivity index (χ4n) is 0.546. The quantitative estimate of drug-likeness (QED) is 0.410. The number of oxime groups is 1. The summed E-state index contributed by atoms with van der Waals surface area (Å²) in [6.45, 7) is 5.86. The van der Waals surface area contributed by atoms with Crippen LogP contribution in [-0.4, -0.2) is 5.71 Å². The zero-order valence-corrected chi connectivity index (χ0v) is 6.14. The number of rotatable bonds is 2. The molecule has 0 fully saturated rings. The van der Waals surface area contributed by atoms with Crippen LogP contribution < -0.4 is 0 Å². The highest BCUT2D eigenvalue weighted by Crippen LogP contribution is 1.90. The number of hydrogen-bond acceptors (Lipinski definition) is 2. The summed E-state index contributed by atoms with van der Waals surface area (Å²) in [6, 6.07) is 0. The molecule has 0 aromatic heterocycles. The molecule has 0 saturated carbocycles. The van der Waals surface area contributed by atoms with Crippen molar-refractivity contribution in [1.29, 1.82) is 0 Å². The van der Waals surface area contributed by atoms with Crippen molar-refractivity contribution in [2.75, 3.05) is 0 Å². The van der Waals surface area contributed by atoms with Gasteiger partial charge in [-0.15, -0.1) is 0 Å². The predicted octanol–water partition coefficient (Wildman–Crippen LogP) is 2.14. The monoisotopic (exact) mass is 126 g/mol. The maximum Gasteiger partial charge on any atom is 0.153 e. The Morgan fingerprint density at radius 3 is 2.33 bits per heavy atom. The fourth-order valence-corrected chi connectivity index (χ4v) is 0.546. The average Bonchev–Trinajstić information content (AvgIpc) is 1.63. The minimum absolute atomic E-state index is 0.838. The molecule has 0 aromatic carbocycles. The van der Waals surface area contributed by atoms with E-state index in [4.69, 9.17) is 0 Å². The van der Waals surface area contributed by atoms with Gasteiger partial charge >= 0.3 is 0 Å². The lowest BCUT2D eigenvalue weighted by Gasteiger charge is -1.90. The summed E-state index contributed by atoms with van der Waals surface area (Å²) >= 11 is 0. The van der Waals surface area contributed by atoms with Gasteiger partial charge in [0.15, 0.2) is 7.11 Å². The molecule has 0 amide bonds. The van der Waals surface area contributed by atoms with Gasteiger partial charge in [-0.2, -0.15) is 0 Å². The first-order valence-electron chi connectivity index (χ1n) is 2.77. The van der Waals surface area contributed by atoms with Crippen LogP contribution in [0, 0.1) is 7.11 Å². The zero-order valence-electron chi connectivity index (χ0n) is 6.14. The Labute approximate surface area is 56.2 Å². The highest BCUT2D eigenvalue weighted by molar-refractivity contribution is 5.92. The number of hydrogen-bond donors (Lipinski definition) is 0. The van der Waals surface area contributed by atoms with Gasteiger partial charge in [0.2, 0.25) is 0 Å². The summed E-state index contributed by atoms with van der Waals surface area (Å²) in [5.41, 5.74) is 2.04. The first-order valence-corrected chi connectivity index (χ1v) is 2.77. The molecule has 51 valence electrons. The van der Waals surface area contributed by atoms with Gasteiger partial charge in [0.05, 0.1) is 5.71 Å². The Bertz CT molecular complexity index is 132. The van der Waals surface area contributed by atoms with Crippen molar-refractivity contribution in [2.45, 2.75) is 20.8 Å². The van der Waals surface area contributed by atoms with E-state index < -0.39 is 0 Å². The van der Waals surface area contributed by atoms with Crippen molar-refractivity contribution in [3.63, 3.8) is 0 Å². The summed E-state index contributed by atoms with van der Waals surface area (Å²) in [7, 11) is 3.12. The largest absolute Gasteiger partial charge is 0.392 e. The summed E-state index contributed by atoms with van der Waals surface area (Å²) in [4.78, 5) is 4.30. The lowest BCUT2D eigenvalue weighted by Crippen LogP contribution is -1.85. The molecule has 0 spiro atoms. The van der Waals surface area contributed by atoms with Gasteiger partial charge in [-0.1, -0.05) is 10.7 Å². The van der Waals surface area contributed by atoms with Gasteiger partial charge in [-0.05, 0) is 26.8 Å². The molecule has 0 bridgehead atoms. The van der Waals surface area contributed by atoms with E-state index in [-0.39, 0.29) is 0 Å². The van der Waals surface area contributed by atoms with E-state index in [9.17, 15) is 0 Å². The van der Waals surface area contributed by atoms with Crippen LogP contribution in [0.4, 0.5) is 0 Å². The zero-order chi connectivity index (χ0) is 7.28. The number of allylic oxidation sites excluding steroid dienone is 2. The third-order valence-electron chi connectivity index (χ3n) is 0.706. The Kier molecular flexibility index (Phi) is 3.76. The summed E-state index contributed by atoms with van der Waals surface area (Å²) < 4.78 is 0. The first kappa shape index (κ1) is 8.21. The van der Waals surface area contributed by atoms with Gasteiger partial charge in [0.1, 0.15) is 0 Å².